The van der Waals surface area contributed by atoms with Gasteiger partial charge in [-0.05, 0) is 36.0 Å². The summed E-state index contributed by atoms with van der Waals surface area (Å²) in [7, 11) is 0. The number of nitrogens with two attached hydrogens (primary N) is 1. The van der Waals surface area contributed by atoms with Crippen LogP contribution in [0.2, 0.25) is 0 Å². The highest BCUT2D eigenvalue weighted by atomic mass is 16.5. The van der Waals surface area contributed by atoms with Crippen molar-refractivity contribution < 1.29 is 9.53 Å². The number of ether oxygens (including phenoxy) is 1. The maximum Gasteiger partial charge on any atom is 0.223 e. The summed E-state index contributed by atoms with van der Waals surface area (Å²) in [6.45, 7) is 7.06. The predicted molar refractivity (Wildman–Crippen MR) is 86.5 cm³/mol. The highest BCUT2D eigenvalue weighted by molar-refractivity contribution is 5.81. The van der Waals surface area contributed by atoms with E-state index < -0.39 is 0 Å². The van der Waals surface area contributed by atoms with Crippen molar-refractivity contribution in [1.29, 1.82) is 0 Å². The van der Waals surface area contributed by atoms with E-state index >= 15 is 0 Å². The summed E-state index contributed by atoms with van der Waals surface area (Å²) >= 11 is 0. The number of fused-ring (bicyclic) bond motifs is 1. The predicted octanol–water partition coefficient (Wildman–Crippen LogP) is 3.08. The van der Waals surface area contributed by atoms with Crippen molar-refractivity contribution in [2.45, 2.75) is 52.1 Å². The Bertz CT molecular complexity index is 573. The molecule has 1 aliphatic heterocycles. The normalized spacial score (nSPS) is 22.5. The van der Waals surface area contributed by atoms with Crippen molar-refractivity contribution in [3.63, 3.8) is 0 Å². The summed E-state index contributed by atoms with van der Waals surface area (Å²) in [6.07, 6.45) is 2.87. The van der Waals surface area contributed by atoms with Gasteiger partial charge in [-0.2, -0.15) is 0 Å². The fourth-order valence-corrected chi connectivity index (χ4v) is 2.89. The van der Waals surface area contributed by atoms with Crippen molar-refractivity contribution in [1.82, 2.24) is 5.32 Å². The van der Waals surface area contributed by atoms with Crippen LogP contribution in [0.3, 0.4) is 0 Å². The first-order valence-corrected chi connectivity index (χ1v) is 8.19. The van der Waals surface area contributed by atoms with Gasteiger partial charge in [-0.15, -0.1) is 0 Å². The van der Waals surface area contributed by atoms with E-state index in [-0.39, 0.29) is 29.3 Å². The van der Waals surface area contributed by atoms with Crippen molar-refractivity contribution in [3.8, 4) is 5.75 Å². The first kappa shape index (κ1) is 15.3. The molecule has 2 atom stereocenters. The Hall–Kier alpha value is -1.55. The van der Waals surface area contributed by atoms with Gasteiger partial charge < -0.3 is 15.8 Å². The third kappa shape index (κ3) is 3.12. The molecule has 0 bridgehead atoms. The van der Waals surface area contributed by atoms with Crippen LogP contribution in [-0.4, -0.2) is 12.5 Å². The summed E-state index contributed by atoms with van der Waals surface area (Å²) in [5.41, 5.74) is 8.55. The average Bonchev–Trinajstić information content (AvgIpc) is 3.30. The highest BCUT2D eigenvalue weighted by Gasteiger charge is 2.33. The summed E-state index contributed by atoms with van der Waals surface area (Å²) < 4.78 is 5.74. The number of rotatable bonds is 3. The van der Waals surface area contributed by atoms with Gasteiger partial charge in [-0.1, -0.05) is 26.8 Å². The van der Waals surface area contributed by atoms with E-state index in [1.54, 1.807) is 0 Å². The van der Waals surface area contributed by atoms with Gasteiger partial charge in [0.15, 0.2) is 0 Å². The molecule has 0 radical (unpaired) electrons. The molecule has 4 heteroatoms. The van der Waals surface area contributed by atoms with E-state index in [4.69, 9.17) is 10.5 Å². The van der Waals surface area contributed by atoms with Gasteiger partial charge in [0.25, 0.3) is 0 Å². The maximum absolute atomic E-state index is 12.1. The number of hydrogen-bond donors (Lipinski definition) is 2. The lowest BCUT2D eigenvalue weighted by molar-refractivity contribution is -0.123. The fraction of sp³-hybridized carbons (Fsp3) is 0.611. The molecule has 1 fully saturated rings. The molecule has 0 aromatic heterocycles. The second-order valence-corrected chi connectivity index (χ2v) is 7.61. The van der Waals surface area contributed by atoms with Crippen LogP contribution in [0.4, 0.5) is 0 Å². The second kappa shape index (κ2) is 5.58. The molecule has 1 saturated carbocycles. The Kier molecular flexibility index (Phi) is 3.89. The molecular weight excluding hydrogens is 276 g/mol. The molecule has 1 aromatic carbocycles. The molecule has 1 heterocycles. The van der Waals surface area contributed by atoms with Gasteiger partial charge in [0, 0.05) is 23.9 Å². The lowest BCUT2D eigenvalue weighted by Crippen LogP contribution is -2.33. The van der Waals surface area contributed by atoms with Crippen molar-refractivity contribution in [3.05, 3.63) is 29.3 Å². The van der Waals surface area contributed by atoms with Gasteiger partial charge in [0.1, 0.15) is 5.75 Å². The Morgan fingerprint density at radius 1 is 1.32 bits per heavy atom. The van der Waals surface area contributed by atoms with E-state index in [9.17, 15) is 4.79 Å². The topological polar surface area (TPSA) is 64.3 Å². The number of carbonyl (C=O) groups excluding carboxylic acids is 1. The van der Waals surface area contributed by atoms with Crippen LogP contribution < -0.4 is 15.8 Å². The molecule has 0 saturated heterocycles. The zero-order valence-corrected chi connectivity index (χ0v) is 13.7. The van der Waals surface area contributed by atoms with Gasteiger partial charge in [0.05, 0.1) is 12.6 Å². The molecule has 4 nitrogen and oxygen atoms in total. The third-order valence-corrected chi connectivity index (χ3v) is 4.63. The monoisotopic (exact) mass is 302 g/mol. The summed E-state index contributed by atoms with van der Waals surface area (Å²) in [4.78, 5) is 12.1. The van der Waals surface area contributed by atoms with Crippen molar-refractivity contribution in [2.75, 3.05) is 6.61 Å². The minimum absolute atomic E-state index is 0.00345. The lowest BCUT2D eigenvalue weighted by atomic mass is 9.82. The molecule has 3 N–H and O–H groups in total. The average molecular weight is 302 g/mol. The van der Waals surface area contributed by atoms with Crippen molar-refractivity contribution >= 4 is 5.91 Å². The van der Waals surface area contributed by atoms with Gasteiger partial charge in [-0.3, -0.25) is 4.79 Å². The molecule has 120 valence electrons. The number of nitrogens with one attached hydrogen (secondary N) is 1. The van der Waals surface area contributed by atoms with Gasteiger partial charge >= 0.3 is 0 Å². The fourth-order valence-electron chi connectivity index (χ4n) is 2.89. The zero-order valence-electron chi connectivity index (χ0n) is 13.7. The zero-order chi connectivity index (χ0) is 15.9. The van der Waals surface area contributed by atoms with E-state index in [0.717, 1.165) is 36.1 Å². The SMILES string of the molecule is CC(C)(C)C(N)c1ccc2c(c1)C(NC(=O)C1CC1)CCO2. The Labute approximate surface area is 132 Å². The minimum Gasteiger partial charge on any atom is -0.493 e. The molecule has 2 aliphatic rings. The Balaban J connectivity index is 1.85. The van der Waals surface area contributed by atoms with Gasteiger partial charge in [-0.25, -0.2) is 0 Å². The smallest absolute Gasteiger partial charge is 0.223 e. The molecule has 1 amide bonds. The van der Waals surface area contributed by atoms with Crippen LogP contribution in [0.5, 0.6) is 5.75 Å². The summed E-state index contributed by atoms with van der Waals surface area (Å²) in [5, 5.41) is 3.18. The van der Waals surface area contributed by atoms with E-state index in [2.05, 4.69) is 32.2 Å². The summed E-state index contributed by atoms with van der Waals surface area (Å²) in [6, 6.07) is 6.15. The lowest BCUT2D eigenvalue weighted by Gasteiger charge is -2.31. The number of carbonyl (C=O) groups is 1. The number of benzene rings is 1. The van der Waals surface area contributed by atoms with Crippen LogP contribution >= 0.6 is 0 Å². The Morgan fingerprint density at radius 3 is 2.68 bits per heavy atom. The van der Waals surface area contributed by atoms with Crippen molar-refractivity contribution in [2.24, 2.45) is 17.1 Å². The van der Waals surface area contributed by atoms with Crippen LogP contribution in [0.25, 0.3) is 0 Å². The standard InChI is InChI=1S/C18H26N2O2/c1-18(2,3)16(19)12-6-7-15-13(10-12)14(8-9-22-15)20-17(21)11-4-5-11/h6-7,10-11,14,16H,4-5,8-9,19H2,1-3H3,(H,20,21). The van der Waals surface area contributed by atoms with E-state index in [0.29, 0.717) is 6.61 Å². The maximum atomic E-state index is 12.1. The largest absolute Gasteiger partial charge is 0.493 e. The quantitative estimate of drug-likeness (QED) is 0.902. The number of hydrogen-bond acceptors (Lipinski definition) is 3. The Morgan fingerprint density at radius 2 is 2.05 bits per heavy atom. The third-order valence-electron chi connectivity index (χ3n) is 4.63. The van der Waals surface area contributed by atoms with E-state index in [1.165, 1.54) is 0 Å². The molecule has 1 aliphatic carbocycles. The van der Waals surface area contributed by atoms with Crippen LogP contribution in [0.15, 0.2) is 18.2 Å². The summed E-state index contributed by atoms with van der Waals surface area (Å²) in [5.74, 6) is 1.28. The first-order chi connectivity index (χ1) is 10.4. The highest BCUT2D eigenvalue weighted by Crippen LogP contribution is 2.38. The molecule has 1 aromatic rings. The molecular formula is C18H26N2O2. The molecule has 22 heavy (non-hydrogen) atoms. The molecule has 0 spiro atoms. The minimum atomic E-state index is -0.0421. The van der Waals surface area contributed by atoms with E-state index in [1.807, 2.05) is 12.1 Å². The first-order valence-electron chi connectivity index (χ1n) is 8.19. The van der Waals surface area contributed by atoms with Crippen LogP contribution in [-0.2, 0) is 4.79 Å². The molecule has 2 unspecified atom stereocenters. The van der Waals surface area contributed by atoms with Crippen LogP contribution in [0.1, 0.15) is 63.2 Å². The second-order valence-electron chi connectivity index (χ2n) is 7.61. The number of amides is 1. The molecule has 3 rings (SSSR count). The van der Waals surface area contributed by atoms with Crippen LogP contribution in [0, 0.1) is 11.3 Å². The van der Waals surface area contributed by atoms with Gasteiger partial charge in [0.2, 0.25) is 5.91 Å².